The fraction of sp³-hybridized carbons (Fsp3) is 0.120. The van der Waals surface area contributed by atoms with E-state index in [0.717, 1.165) is 27.8 Å². The van der Waals surface area contributed by atoms with Gasteiger partial charge in [-0.1, -0.05) is 42.0 Å². The van der Waals surface area contributed by atoms with Gasteiger partial charge in [-0.15, -0.1) is 0 Å². The average Bonchev–Trinajstić information content (AvgIpc) is 2.75. The summed E-state index contributed by atoms with van der Waals surface area (Å²) in [6.45, 7) is 4.05. The lowest BCUT2D eigenvalue weighted by Gasteiger charge is -2.18. The number of carbonyl (C=O) groups is 1. The van der Waals surface area contributed by atoms with Crippen molar-refractivity contribution in [1.29, 1.82) is 0 Å². The molecule has 30 heavy (non-hydrogen) atoms. The number of aromatic carboxylic acids is 1. The van der Waals surface area contributed by atoms with Crippen molar-refractivity contribution in [3.8, 4) is 11.5 Å². The molecule has 0 spiro atoms. The average molecular weight is 398 g/mol. The molecule has 4 rings (SSSR count). The Morgan fingerprint density at radius 1 is 1.00 bits per heavy atom. The van der Waals surface area contributed by atoms with Gasteiger partial charge in [0.2, 0.25) is 0 Å². The Kier molecular flexibility index (Phi) is 5.35. The molecule has 4 aromatic rings. The molecule has 0 radical (unpaired) electrons. The standard InChI is InChI=1S/C25H22N2O3/c1-16-6-12-21(13-7-16)30-22-5-3-4-19-14-15-26-24(23(19)22)27-17(2)18-8-10-20(11-9-18)25(28)29/h3-15,17H,1-2H3,(H,26,27)(H,28,29)/t17-/m0/s1. The molecule has 0 saturated heterocycles. The summed E-state index contributed by atoms with van der Waals surface area (Å²) in [5.74, 6) is 1.27. The minimum Gasteiger partial charge on any atom is -0.478 e. The Morgan fingerprint density at radius 3 is 2.43 bits per heavy atom. The summed E-state index contributed by atoms with van der Waals surface area (Å²) in [6, 6.07) is 22.6. The van der Waals surface area contributed by atoms with Crippen LogP contribution in [0.15, 0.2) is 79.0 Å². The number of fused-ring (bicyclic) bond motifs is 1. The minimum absolute atomic E-state index is 0.0709. The van der Waals surface area contributed by atoms with Crippen molar-refractivity contribution in [3.05, 3.63) is 95.7 Å². The Morgan fingerprint density at radius 2 is 1.73 bits per heavy atom. The molecule has 5 heteroatoms. The molecule has 0 aliphatic heterocycles. The number of hydrogen-bond acceptors (Lipinski definition) is 4. The first kappa shape index (κ1) is 19.5. The molecular weight excluding hydrogens is 376 g/mol. The number of nitrogens with zero attached hydrogens (tertiary/aromatic N) is 1. The van der Waals surface area contributed by atoms with Gasteiger partial charge in [-0.05, 0) is 61.2 Å². The molecule has 0 unspecified atom stereocenters. The largest absolute Gasteiger partial charge is 0.478 e. The van der Waals surface area contributed by atoms with Crippen LogP contribution >= 0.6 is 0 Å². The maximum atomic E-state index is 11.1. The van der Waals surface area contributed by atoms with Crippen molar-refractivity contribution >= 4 is 22.6 Å². The van der Waals surface area contributed by atoms with E-state index in [1.165, 1.54) is 5.56 Å². The van der Waals surface area contributed by atoms with E-state index in [4.69, 9.17) is 9.84 Å². The van der Waals surface area contributed by atoms with Crippen LogP contribution in [0.2, 0.25) is 0 Å². The third-order valence-electron chi connectivity index (χ3n) is 5.01. The third-order valence-corrected chi connectivity index (χ3v) is 5.01. The zero-order valence-electron chi connectivity index (χ0n) is 16.8. The Bertz CT molecular complexity index is 1180. The van der Waals surface area contributed by atoms with E-state index in [9.17, 15) is 4.79 Å². The summed E-state index contributed by atoms with van der Waals surface area (Å²) < 4.78 is 6.17. The number of aromatic nitrogens is 1. The van der Waals surface area contributed by atoms with E-state index in [1.807, 2.05) is 74.5 Å². The monoisotopic (exact) mass is 398 g/mol. The molecule has 5 nitrogen and oxygen atoms in total. The van der Waals surface area contributed by atoms with Crippen LogP contribution in [0.1, 0.15) is 34.5 Å². The van der Waals surface area contributed by atoms with Crippen LogP contribution in [0.25, 0.3) is 10.8 Å². The highest BCUT2D eigenvalue weighted by molar-refractivity contribution is 5.97. The summed E-state index contributed by atoms with van der Waals surface area (Å²) in [6.07, 6.45) is 1.76. The number of anilines is 1. The molecule has 0 saturated carbocycles. The fourth-order valence-corrected chi connectivity index (χ4v) is 3.33. The number of ether oxygens (including phenoxy) is 1. The van der Waals surface area contributed by atoms with Gasteiger partial charge in [-0.3, -0.25) is 0 Å². The molecule has 0 aliphatic rings. The molecular formula is C25H22N2O3. The van der Waals surface area contributed by atoms with Gasteiger partial charge in [0.1, 0.15) is 17.3 Å². The first-order valence-electron chi connectivity index (χ1n) is 9.73. The zero-order valence-corrected chi connectivity index (χ0v) is 16.8. The Hall–Kier alpha value is -3.86. The number of carboxylic acids is 1. The van der Waals surface area contributed by atoms with Gasteiger partial charge in [-0.2, -0.15) is 0 Å². The normalized spacial score (nSPS) is 11.8. The number of rotatable bonds is 6. The number of nitrogens with one attached hydrogen (secondary N) is 1. The van der Waals surface area contributed by atoms with E-state index >= 15 is 0 Å². The molecule has 150 valence electrons. The second-order valence-corrected chi connectivity index (χ2v) is 7.22. The quantitative estimate of drug-likeness (QED) is 0.404. The molecule has 2 N–H and O–H groups in total. The summed E-state index contributed by atoms with van der Waals surface area (Å²) in [7, 11) is 0. The van der Waals surface area contributed by atoms with Crippen LogP contribution in [0.3, 0.4) is 0 Å². The van der Waals surface area contributed by atoms with Gasteiger partial charge in [0.25, 0.3) is 0 Å². The van der Waals surface area contributed by atoms with Gasteiger partial charge in [-0.25, -0.2) is 9.78 Å². The number of benzene rings is 3. The van der Waals surface area contributed by atoms with Crippen molar-refractivity contribution in [2.24, 2.45) is 0 Å². The van der Waals surface area contributed by atoms with Crippen LogP contribution in [-0.4, -0.2) is 16.1 Å². The molecule has 0 fully saturated rings. The predicted octanol–water partition coefficient (Wildman–Crippen LogP) is 6.21. The first-order valence-corrected chi connectivity index (χ1v) is 9.73. The zero-order chi connectivity index (χ0) is 21.1. The van der Waals surface area contributed by atoms with Crippen LogP contribution in [0, 0.1) is 6.92 Å². The number of pyridine rings is 1. The maximum absolute atomic E-state index is 11.1. The summed E-state index contributed by atoms with van der Waals surface area (Å²) in [5.41, 5.74) is 2.41. The highest BCUT2D eigenvalue weighted by atomic mass is 16.5. The summed E-state index contributed by atoms with van der Waals surface area (Å²) in [4.78, 5) is 15.6. The first-order chi connectivity index (χ1) is 14.5. The molecule has 0 aliphatic carbocycles. The Balaban J connectivity index is 1.66. The Labute approximate surface area is 175 Å². The molecule has 3 aromatic carbocycles. The minimum atomic E-state index is -0.934. The number of aryl methyl sites for hydroxylation is 1. The molecule has 1 aromatic heterocycles. The number of carboxylic acid groups (broad SMARTS) is 1. The van der Waals surface area contributed by atoms with Crippen molar-refractivity contribution in [2.75, 3.05) is 5.32 Å². The lowest BCUT2D eigenvalue weighted by atomic mass is 10.1. The topological polar surface area (TPSA) is 71.5 Å². The van der Waals surface area contributed by atoms with Gasteiger partial charge in [0.05, 0.1) is 10.9 Å². The van der Waals surface area contributed by atoms with Crippen LogP contribution < -0.4 is 10.1 Å². The van der Waals surface area contributed by atoms with Crippen LogP contribution in [0.4, 0.5) is 5.82 Å². The summed E-state index contributed by atoms with van der Waals surface area (Å²) >= 11 is 0. The molecule has 1 heterocycles. The highest BCUT2D eigenvalue weighted by Gasteiger charge is 2.14. The van der Waals surface area contributed by atoms with E-state index in [0.29, 0.717) is 5.82 Å². The van der Waals surface area contributed by atoms with Crippen molar-refractivity contribution in [2.45, 2.75) is 19.9 Å². The lowest BCUT2D eigenvalue weighted by Crippen LogP contribution is -2.09. The SMILES string of the molecule is Cc1ccc(Oc2cccc3ccnc(N[C@@H](C)c4ccc(C(=O)O)cc4)c23)cc1. The van der Waals surface area contributed by atoms with Crippen LogP contribution in [-0.2, 0) is 0 Å². The van der Waals surface area contributed by atoms with E-state index < -0.39 is 5.97 Å². The van der Waals surface area contributed by atoms with Crippen LogP contribution in [0.5, 0.6) is 11.5 Å². The van der Waals surface area contributed by atoms with Crippen molar-refractivity contribution < 1.29 is 14.6 Å². The third kappa shape index (κ3) is 4.10. The lowest BCUT2D eigenvalue weighted by molar-refractivity contribution is 0.0697. The molecule has 0 bridgehead atoms. The second kappa shape index (κ2) is 8.25. The predicted molar refractivity (Wildman–Crippen MR) is 118 cm³/mol. The van der Waals surface area contributed by atoms with Gasteiger partial charge in [0.15, 0.2) is 0 Å². The van der Waals surface area contributed by atoms with Crippen molar-refractivity contribution in [3.63, 3.8) is 0 Å². The molecule has 1 atom stereocenters. The van der Waals surface area contributed by atoms with Gasteiger partial charge in [0, 0.05) is 12.2 Å². The maximum Gasteiger partial charge on any atom is 0.335 e. The molecule has 0 amide bonds. The smallest absolute Gasteiger partial charge is 0.335 e. The van der Waals surface area contributed by atoms with E-state index in [2.05, 4.69) is 10.3 Å². The van der Waals surface area contributed by atoms with Gasteiger partial charge >= 0.3 is 5.97 Å². The fourth-order valence-electron chi connectivity index (χ4n) is 3.33. The second-order valence-electron chi connectivity index (χ2n) is 7.22. The van der Waals surface area contributed by atoms with Crippen molar-refractivity contribution in [1.82, 2.24) is 4.98 Å². The van der Waals surface area contributed by atoms with Gasteiger partial charge < -0.3 is 15.2 Å². The number of hydrogen-bond donors (Lipinski definition) is 2. The van der Waals surface area contributed by atoms with E-state index in [-0.39, 0.29) is 11.6 Å². The van der Waals surface area contributed by atoms with E-state index in [1.54, 1.807) is 18.3 Å². The highest BCUT2D eigenvalue weighted by Crippen LogP contribution is 2.35. The summed E-state index contributed by atoms with van der Waals surface area (Å²) in [5, 5.41) is 14.5.